The van der Waals surface area contributed by atoms with E-state index in [9.17, 15) is 0 Å². The number of anilines is 3. The van der Waals surface area contributed by atoms with Gasteiger partial charge in [0.1, 0.15) is 11.2 Å². The van der Waals surface area contributed by atoms with Crippen LogP contribution < -0.4 is 4.90 Å². The molecule has 0 atom stereocenters. The minimum absolute atomic E-state index is 0.0884. The van der Waals surface area contributed by atoms with E-state index in [4.69, 9.17) is 4.42 Å². The van der Waals surface area contributed by atoms with Gasteiger partial charge in [0.15, 0.2) is 0 Å². The van der Waals surface area contributed by atoms with Crippen LogP contribution in [-0.2, 0) is 10.8 Å². The van der Waals surface area contributed by atoms with Gasteiger partial charge in [-0.3, -0.25) is 0 Å². The molecule has 0 saturated heterocycles. The second kappa shape index (κ2) is 10.3. The zero-order valence-corrected chi connectivity index (χ0v) is 28.8. The average Bonchev–Trinajstić information content (AvgIpc) is 3.71. The number of fused-ring (bicyclic) bond motifs is 9. The Morgan fingerprint density at radius 1 is 0.380 bits per heavy atom. The molecule has 1 aromatic heterocycles. The van der Waals surface area contributed by atoms with E-state index in [1.54, 1.807) is 0 Å². The molecule has 7 aromatic carbocycles. The number of hydrogen-bond acceptors (Lipinski definition) is 2. The van der Waals surface area contributed by atoms with Gasteiger partial charge in [-0.25, -0.2) is 0 Å². The van der Waals surface area contributed by atoms with Gasteiger partial charge >= 0.3 is 0 Å². The summed E-state index contributed by atoms with van der Waals surface area (Å²) >= 11 is 0. The normalized spacial score (nSPS) is 14.7. The third-order valence-corrected chi connectivity index (χ3v) is 11.5. The Balaban J connectivity index is 1.12. The van der Waals surface area contributed by atoms with E-state index < -0.39 is 0 Å². The van der Waals surface area contributed by atoms with Crippen LogP contribution in [0.1, 0.15) is 49.9 Å². The summed E-state index contributed by atoms with van der Waals surface area (Å²) in [4.78, 5) is 2.44. The molecule has 0 unspecified atom stereocenters. The summed E-state index contributed by atoms with van der Waals surface area (Å²) in [5.41, 5.74) is 18.3. The highest BCUT2D eigenvalue weighted by molar-refractivity contribution is 6.06. The molecule has 0 amide bonds. The van der Waals surface area contributed by atoms with Crippen molar-refractivity contribution in [2.75, 3.05) is 4.90 Å². The van der Waals surface area contributed by atoms with Crippen molar-refractivity contribution in [1.29, 1.82) is 0 Å². The molecule has 0 radical (unpaired) electrons. The Bertz CT molecular complexity index is 2550. The van der Waals surface area contributed by atoms with Gasteiger partial charge in [0.05, 0.1) is 0 Å². The molecular weight excluding hydrogens is 607 g/mol. The van der Waals surface area contributed by atoms with Gasteiger partial charge < -0.3 is 9.32 Å². The van der Waals surface area contributed by atoms with Crippen molar-refractivity contribution in [3.05, 3.63) is 174 Å². The Morgan fingerprint density at radius 3 is 1.48 bits per heavy atom. The van der Waals surface area contributed by atoms with Gasteiger partial charge in [-0.15, -0.1) is 0 Å². The van der Waals surface area contributed by atoms with Gasteiger partial charge in [0, 0.05) is 38.7 Å². The lowest BCUT2D eigenvalue weighted by molar-refractivity contribution is 0.660. The lowest BCUT2D eigenvalue weighted by atomic mass is 9.82. The number of para-hydroxylation sites is 1. The first-order valence-electron chi connectivity index (χ1n) is 17.6. The van der Waals surface area contributed by atoms with E-state index in [2.05, 4.69) is 172 Å². The molecule has 0 saturated carbocycles. The minimum Gasteiger partial charge on any atom is -0.456 e. The lowest BCUT2D eigenvalue weighted by Crippen LogP contribution is -2.18. The van der Waals surface area contributed by atoms with Crippen LogP contribution in [0, 0.1) is 0 Å². The summed E-state index contributed by atoms with van der Waals surface area (Å²) in [7, 11) is 0. The molecule has 1 heterocycles. The van der Waals surface area contributed by atoms with Crippen molar-refractivity contribution in [1.82, 2.24) is 0 Å². The fourth-order valence-corrected chi connectivity index (χ4v) is 8.82. The molecule has 0 N–H and O–H groups in total. The molecule has 0 spiro atoms. The fourth-order valence-electron chi connectivity index (χ4n) is 8.82. The maximum Gasteiger partial charge on any atom is 0.135 e. The van der Waals surface area contributed by atoms with Crippen LogP contribution in [0.5, 0.6) is 0 Å². The molecule has 10 rings (SSSR count). The van der Waals surface area contributed by atoms with Gasteiger partial charge in [-0.1, -0.05) is 125 Å². The second-order valence-corrected chi connectivity index (χ2v) is 15.0. The van der Waals surface area contributed by atoms with E-state index in [-0.39, 0.29) is 10.8 Å². The quantitative estimate of drug-likeness (QED) is 0.190. The van der Waals surface area contributed by atoms with Crippen molar-refractivity contribution in [3.8, 4) is 33.4 Å². The largest absolute Gasteiger partial charge is 0.456 e. The number of furan rings is 1. The Morgan fingerprint density at radius 2 is 0.860 bits per heavy atom. The molecular formula is C48H37NO. The summed E-state index contributed by atoms with van der Waals surface area (Å²) in [5.74, 6) is 0. The van der Waals surface area contributed by atoms with Crippen LogP contribution in [0.4, 0.5) is 17.1 Å². The molecule has 50 heavy (non-hydrogen) atoms. The third kappa shape index (κ3) is 4.08. The van der Waals surface area contributed by atoms with E-state index in [0.717, 1.165) is 39.0 Å². The monoisotopic (exact) mass is 643 g/mol. The van der Waals surface area contributed by atoms with Gasteiger partial charge in [0.25, 0.3) is 0 Å². The number of nitrogens with zero attached hydrogens (tertiary/aromatic N) is 1. The predicted octanol–water partition coefficient (Wildman–Crippen LogP) is 13.3. The smallest absolute Gasteiger partial charge is 0.135 e. The van der Waals surface area contributed by atoms with E-state index in [0.29, 0.717) is 0 Å². The number of rotatable bonds is 4. The Labute approximate surface area is 293 Å². The summed E-state index contributed by atoms with van der Waals surface area (Å²) in [6, 6.07) is 55.7. The first-order chi connectivity index (χ1) is 24.3. The van der Waals surface area contributed by atoms with Gasteiger partial charge in [-0.05, 0) is 110 Å². The molecule has 2 nitrogen and oxygen atoms in total. The van der Waals surface area contributed by atoms with Crippen molar-refractivity contribution in [2.45, 2.75) is 38.5 Å². The van der Waals surface area contributed by atoms with Crippen LogP contribution in [-0.4, -0.2) is 0 Å². The number of benzene rings is 7. The second-order valence-electron chi connectivity index (χ2n) is 15.0. The van der Waals surface area contributed by atoms with Crippen LogP contribution in [0.25, 0.3) is 55.3 Å². The van der Waals surface area contributed by atoms with Crippen LogP contribution in [0.15, 0.2) is 156 Å². The van der Waals surface area contributed by atoms with Crippen LogP contribution in [0.2, 0.25) is 0 Å². The van der Waals surface area contributed by atoms with E-state index in [1.165, 1.54) is 55.6 Å². The summed E-state index contributed by atoms with van der Waals surface area (Å²) in [6.45, 7) is 9.43. The topological polar surface area (TPSA) is 16.4 Å². The highest BCUT2D eigenvalue weighted by Gasteiger charge is 2.37. The first kappa shape index (κ1) is 29.1. The maximum atomic E-state index is 6.12. The Hall–Kier alpha value is -5.86. The molecule has 8 aromatic rings. The van der Waals surface area contributed by atoms with E-state index >= 15 is 0 Å². The third-order valence-electron chi connectivity index (χ3n) is 11.5. The summed E-state index contributed by atoms with van der Waals surface area (Å²) in [6.07, 6.45) is 0. The van der Waals surface area contributed by atoms with Crippen LogP contribution in [0.3, 0.4) is 0 Å². The molecule has 2 aliphatic carbocycles. The molecule has 2 heteroatoms. The predicted molar refractivity (Wildman–Crippen MR) is 209 cm³/mol. The molecule has 0 aliphatic heterocycles. The number of hydrogen-bond donors (Lipinski definition) is 0. The standard InChI is InChI=1S/C48H37NO/c1-47(2)41-14-8-5-11-35(41)37-24-22-33(28-43(37)47)49(34-23-25-38-36-12-6-9-15-42(36)48(3,4)44(38)29-34)32-20-17-30(18-21-32)31-19-26-46-40(27-31)39-13-7-10-16-45(39)50-46/h5-29H,1-4H3. The van der Waals surface area contributed by atoms with Crippen molar-refractivity contribution < 1.29 is 4.42 Å². The lowest BCUT2D eigenvalue weighted by Gasteiger charge is -2.30. The summed E-state index contributed by atoms with van der Waals surface area (Å²) < 4.78 is 6.12. The minimum atomic E-state index is -0.0884. The zero-order valence-electron chi connectivity index (χ0n) is 28.8. The van der Waals surface area contributed by atoms with Gasteiger partial charge in [-0.2, -0.15) is 0 Å². The van der Waals surface area contributed by atoms with E-state index in [1.807, 2.05) is 12.1 Å². The highest BCUT2D eigenvalue weighted by Crippen LogP contribution is 2.53. The zero-order chi connectivity index (χ0) is 33.8. The molecule has 0 bridgehead atoms. The van der Waals surface area contributed by atoms with Crippen LogP contribution >= 0.6 is 0 Å². The van der Waals surface area contributed by atoms with Crippen molar-refractivity contribution in [3.63, 3.8) is 0 Å². The Kier molecular flexibility index (Phi) is 6.01. The van der Waals surface area contributed by atoms with Crippen molar-refractivity contribution >= 4 is 39.0 Å². The summed E-state index contributed by atoms with van der Waals surface area (Å²) in [5, 5.41) is 2.29. The maximum absolute atomic E-state index is 6.12. The van der Waals surface area contributed by atoms with Gasteiger partial charge in [0.2, 0.25) is 0 Å². The average molecular weight is 644 g/mol. The molecule has 0 fully saturated rings. The highest BCUT2D eigenvalue weighted by atomic mass is 16.3. The fraction of sp³-hybridized carbons (Fsp3) is 0.125. The SMILES string of the molecule is CC1(C)c2ccccc2-c2ccc(N(c3ccc(-c4ccc5oc6ccccc6c5c4)cc3)c3ccc4c(c3)C(C)(C)c3ccccc3-4)cc21. The molecule has 2 aliphatic rings. The first-order valence-corrected chi connectivity index (χ1v) is 17.6. The van der Waals surface area contributed by atoms with Crippen molar-refractivity contribution in [2.24, 2.45) is 0 Å². The molecule has 240 valence electrons.